The number of nitrogens with one attached hydrogen (secondary N) is 1. The van der Waals surface area contributed by atoms with E-state index in [2.05, 4.69) is 56.4 Å². The summed E-state index contributed by atoms with van der Waals surface area (Å²) in [6, 6.07) is 11.0. The molecule has 1 N–H and O–H groups in total. The molecule has 1 aromatic carbocycles. The first-order valence-electron chi connectivity index (χ1n) is 7.01. The molecule has 0 aliphatic heterocycles. The van der Waals surface area contributed by atoms with E-state index in [1.54, 1.807) is 0 Å². The van der Waals surface area contributed by atoms with Crippen LogP contribution >= 0.6 is 11.8 Å². The molecule has 0 aromatic heterocycles. The summed E-state index contributed by atoms with van der Waals surface area (Å²) in [7, 11) is 0. The Hall–Kier alpha value is -0.980. The van der Waals surface area contributed by atoms with Crippen molar-refractivity contribution in [3.05, 3.63) is 29.8 Å². The van der Waals surface area contributed by atoms with E-state index >= 15 is 0 Å². The highest BCUT2D eigenvalue weighted by molar-refractivity contribution is 7.99. The van der Waals surface area contributed by atoms with Crippen molar-refractivity contribution >= 4 is 11.8 Å². The van der Waals surface area contributed by atoms with Crippen molar-refractivity contribution in [2.24, 2.45) is 0 Å². The SMILES string of the molecule is CCNC(C#N)(CC)CCCSc1cccc(C)c1. The van der Waals surface area contributed by atoms with Gasteiger partial charge in [-0.15, -0.1) is 11.8 Å². The zero-order valence-corrected chi connectivity index (χ0v) is 13.0. The van der Waals surface area contributed by atoms with Crippen LogP contribution in [0.25, 0.3) is 0 Å². The van der Waals surface area contributed by atoms with Gasteiger partial charge < -0.3 is 0 Å². The van der Waals surface area contributed by atoms with E-state index in [9.17, 15) is 5.26 Å². The number of hydrogen-bond donors (Lipinski definition) is 1. The number of benzene rings is 1. The molecule has 0 aliphatic carbocycles. The molecule has 1 rings (SSSR count). The van der Waals surface area contributed by atoms with E-state index in [4.69, 9.17) is 0 Å². The van der Waals surface area contributed by atoms with Crippen molar-refractivity contribution in [3.8, 4) is 6.07 Å². The maximum Gasteiger partial charge on any atom is 0.106 e. The molecule has 1 atom stereocenters. The number of rotatable bonds is 8. The van der Waals surface area contributed by atoms with E-state index in [1.165, 1.54) is 10.5 Å². The monoisotopic (exact) mass is 276 g/mol. The first-order chi connectivity index (χ1) is 9.15. The summed E-state index contributed by atoms with van der Waals surface area (Å²) in [5.41, 5.74) is 0.972. The third-order valence-corrected chi connectivity index (χ3v) is 4.42. The molecule has 2 nitrogen and oxygen atoms in total. The summed E-state index contributed by atoms with van der Waals surface area (Å²) >= 11 is 1.88. The highest BCUT2D eigenvalue weighted by Gasteiger charge is 2.25. The van der Waals surface area contributed by atoms with Gasteiger partial charge >= 0.3 is 0 Å². The minimum absolute atomic E-state index is 0.331. The molecule has 0 saturated heterocycles. The lowest BCUT2D eigenvalue weighted by Gasteiger charge is -2.25. The Morgan fingerprint density at radius 3 is 2.74 bits per heavy atom. The fourth-order valence-electron chi connectivity index (χ4n) is 2.17. The second kappa shape index (κ2) is 8.24. The Balaban J connectivity index is 2.39. The van der Waals surface area contributed by atoms with Gasteiger partial charge in [-0.3, -0.25) is 5.32 Å². The van der Waals surface area contributed by atoms with Crippen LogP contribution in [0, 0.1) is 18.3 Å². The molecule has 0 bridgehead atoms. The largest absolute Gasteiger partial charge is 0.300 e. The summed E-state index contributed by atoms with van der Waals surface area (Å²) < 4.78 is 0. The molecule has 3 heteroatoms. The molecule has 1 aromatic rings. The van der Waals surface area contributed by atoms with Gasteiger partial charge in [0.05, 0.1) is 6.07 Å². The van der Waals surface area contributed by atoms with E-state index in [-0.39, 0.29) is 5.54 Å². The average molecular weight is 276 g/mol. The van der Waals surface area contributed by atoms with E-state index in [1.807, 2.05) is 11.8 Å². The summed E-state index contributed by atoms with van der Waals surface area (Å²) in [6.45, 7) is 7.11. The highest BCUT2D eigenvalue weighted by Crippen LogP contribution is 2.23. The highest BCUT2D eigenvalue weighted by atomic mass is 32.2. The lowest BCUT2D eigenvalue weighted by atomic mass is 9.92. The third-order valence-electron chi connectivity index (χ3n) is 3.34. The van der Waals surface area contributed by atoms with Gasteiger partial charge in [0, 0.05) is 4.90 Å². The van der Waals surface area contributed by atoms with Gasteiger partial charge in [-0.1, -0.05) is 31.5 Å². The lowest BCUT2D eigenvalue weighted by Crippen LogP contribution is -2.43. The van der Waals surface area contributed by atoms with Crippen LogP contribution in [0.4, 0.5) is 0 Å². The molecule has 0 aliphatic rings. The fraction of sp³-hybridized carbons (Fsp3) is 0.562. The zero-order valence-electron chi connectivity index (χ0n) is 12.2. The van der Waals surface area contributed by atoms with Crippen molar-refractivity contribution in [2.75, 3.05) is 12.3 Å². The van der Waals surface area contributed by atoms with E-state index < -0.39 is 0 Å². The van der Waals surface area contributed by atoms with Gasteiger partial charge in [0.1, 0.15) is 5.54 Å². The van der Waals surface area contributed by atoms with Crippen molar-refractivity contribution in [3.63, 3.8) is 0 Å². The second-order valence-electron chi connectivity index (χ2n) is 4.85. The third kappa shape index (κ3) is 5.26. The summed E-state index contributed by atoms with van der Waals surface area (Å²) in [5, 5.41) is 12.7. The Kier molecular flexibility index (Phi) is 6.97. The van der Waals surface area contributed by atoms with Gasteiger partial charge in [-0.05, 0) is 50.6 Å². The Morgan fingerprint density at radius 1 is 1.37 bits per heavy atom. The molecule has 19 heavy (non-hydrogen) atoms. The predicted molar refractivity (Wildman–Crippen MR) is 83.4 cm³/mol. The fourth-order valence-corrected chi connectivity index (χ4v) is 3.14. The van der Waals surface area contributed by atoms with Crippen LogP contribution in [0.15, 0.2) is 29.2 Å². The van der Waals surface area contributed by atoms with Crippen LogP contribution in [0.2, 0.25) is 0 Å². The van der Waals surface area contributed by atoms with Crippen molar-refractivity contribution in [1.29, 1.82) is 5.26 Å². The Labute approximate surface area is 121 Å². The minimum atomic E-state index is -0.331. The molecule has 1 unspecified atom stereocenters. The molecule has 104 valence electrons. The summed E-state index contributed by atoms with van der Waals surface area (Å²) in [4.78, 5) is 1.32. The molecule has 0 heterocycles. The number of nitriles is 1. The topological polar surface area (TPSA) is 35.8 Å². The van der Waals surface area contributed by atoms with Crippen molar-refractivity contribution < 1.29 is 0 Å². The standard InChI is InChI=1S/C16H24N2S/c1-4-16(13-17,18-5-2)10-7-11-19-15-9-6-8-14(3)12-15/h6,8-9,12,18H,4-5,7,10-11H2,1-3H3. The van der Waals surface area contributed by atoms with E-state index in [0.29, 0.717) is 0 Å². The van der Waals surface area contributed by atoms with E-state index in [0.717, 1.165) is 31.6 Å². The molecular formula is C16H24N2S. The lowest BCUT2D eigenvalue weighted by molar-refractivity contribution is 0.379. The molecule has 0 saturated carbocycles. The molecular weight excluding hydrogens is 252 g/mol. The van der Waals surface area contributed by atoms with Crippen LogP contribution in [-0.2, 0) is 0 Å². The van der Waals surface area contributed by atoms with Gasteiger partial charge in [0.25, 0.3) is 0 Å². The summed E-state index contributed by atoms with van der Waals surface area (Å²) in [6.07, 6.45) is 2.85. The average Bonchev–Trinajstić information content (AvgIpc) is 2.42. The summed E-state index contributed by atoms with van der Waals surface area (Å²) in [5.74, 6) is 1.07. The number of nitrogens with zero attached hydrogens (tertiary/aromatic N) is 1. The normalized spacial score (nSPS) is 13.8. The number of aryl methyl sites for hydroxylation is 1. The predicted octanol–water partition coefficient (Wildman–Crippen LogP) is 4.15. The van der Waals surface area contributed by atoms with Gasteiger partial charge in [-0.25, -0.2) is 0 Å². The van der Waals surface area contributed by atoms with Crippen LogP contribution in [-0.4, -0.2) is 17.8 Å². The molecule has 0 fully saturated rings. The van der Waals surface area contributed by atoms with Gasteiger partial charge in [0.15, 0.2) is 0 Å². The Morgan fingerprint density at radius 2 is 2.16 bits per heavy atom. The molecule has 0 spiro atoms. The van der Waals surface area contributed by atoms with Crippen LogP contribution in [0.1, 0.15) is 38.7 Å². The van der Waals surface area contributed by atoms with Crippen molar-refractivity contribution in [1.82, 2.24) is 5.32 Å². The van der Waals surface area contributed by atoms with Gasteiger partial charge in [0.2, 0.25) is 0 Å². The van der Waals surface area contributed by atoms with Crippen LogP contribution in [0.5, 0.6) is 0 Å². The zero-order chi connectivity index (χ0) is 14.1. The van der Waals surface area contributed by atoms with Crippen LogP contribution < -0.4 is 5.32 Å². The maximum absolute atomic E-state index is 9.34. The maximum atomic E-state index is 9.34. The molecule has 0 radical (unpaired) electrons. The van der Waals surface area contributed by atoms with Gasteiger partial charge in [-0.2, -0.15) is 5.26 Å². The smallest absolute Gasteiger partial charge is 0.106 e. The Bertz CT molecular complexity index is 425. The molecule has 0 amide bonds. The first-order valence-corrected chi connectivity index (χ1v) is 8.00. The van der Waals surface area contributed by atoms with Crippen LogP contribution in [0.3, 0.4) is 0 Å². The minimum Gasteiger partial charge on any atom is -0.300 e. The number of hydrogen-bond acceptors (Lipinski definition) is 3. The van der Waals surface area contributed by atoms with Crippen molar-refractivity contribution in [2.45, 2.75) is 50.5 Å². The first kappa shape index (κ1) is 16.1. The number of thioether (sulfide) groups is 1. The quantitative estimate of drug-likeness (QED) is 0.572. The second-order valence-corrected chi connectivity index (χ2v) is 6.01.